The van der Waals surface area contributed by atoms with E-state index in [1.807, 2.05) is 12.1 Å². The van der Waals surface area contributed by atoms with Crippen LogP contribution in [0.3, 0.4) is 0 Å². The lowest BCUT2D eigenvalue weighted by atomic mass is 9.95. The van der Waals surface area contributed by atoms with Crippen molar-refractivity contribution < 1.29 is 31.5 Å². The molecule has 0 aliphatic carbocycles. The second-order valence-electron chi connectivity index (χ2n) is 8.16. The summed E-state index contributed by atoms with van der Waals surface area (Å²) in [5, 5.41) is 9.43. The molecule has 9 heteroatoms. The summed E-state index contributed by atoms with van der Waals surface area (Å²) < 4.78 is 62.8. The largest absolute Gasteiger partial charge is 0.481 e. The summed E-state index contributed by atoms with van der Waals surface area (Å²) in [7, 11) is -3.61. The van der Waals surface area contributed by atoms with Crippen LogP contribution in [0.1, 0.15) is 36.1 Å². The van der Waals surface area contributed by atoms with Crippen molar-refractivity contribution in [3.63, 3.8) is 0 Å². The van der Waals surface area contributed by atoms with E-state index in [1.54, 1.807) is 24.3 Å². The van der Waals surface area contributed by atoms with Crippen LogP contribution in [-0.4, -0.2) is 25.2 Å². The molecule has 33 heavy (non-hydrogen) atoms. The molecule has 1 atom stereocenters. The molecule has 3 aromatic rings. The number of carbonyl (C=O) groups is 1. The molecule has 4 rings (SSSR count). The number of sulfone groups is 1. The third-order valence-corrected chi connectivity index (χ3v) is 10.1. The van der Waals surface area contributed by atoms with E-state index in [4.69, 9.17) is 0 Å². The van der Waals surface area contributed by atoms with Gasteiger partial charge in [0.15, 0.2) is 9.84 Å². The zero-order valence-electron chi connectivity index (χ0n) is 17.4. The van der Waals surface area contributed by atoms with E-state index in [2.05, 4.69) is 0 Å². The van der Waals surface area contributed by atoms with Crippen LogP contribution in [0, 0.1) is 0 Å². The van der Waals surface area contributed by atoms with Crippen LogP contribution in [-0.2, 0) is 25.6 Å². The predicted molar refractivity (Wildman–Crippen MR) is 122 cm³/mol. The van der Waals surface area contributed by atoms with E-state index in [1.165, 1.54) is 23.5 Å². The SMILES string of the molecule is O=C(O)C[C@]1(c2ccc(-c3ccc(-c4ccc(C(F)(F)F)cc4)cc3)s2)CCCCS1(=O)=O. The molecule has 1 aliphatic rings. The van der Waals surface area contributed by atoms with Gasteiger partial charge in [0.25, 0.3) is 0 Å². The van der Waals surface area contributed by atoms with Gasteiger partial charge < -0.3 is 5.11 Å². The van der Waals surface area contributed by atoms with E-state index >= 15 is 0 Å². The highest BCUT2D eigenvalue weighted by Gasteiger charge is 2.49. The summed E-state index contributed by atoms with van der Waals surface area (Å²) in [4.78, 5) is 12.9. The number of rotatable bonds is 5. The Kier molecular flexibility index (Phi) is 6.13. The van der Waals surface area contributed by atoms with Gasteiger partial charge in [-0.05, 0) is 53.8 Å². The minimum Gasteiger partial charge on any atom is -0.481 e. The summed E-state index contributed by atoms with van der Waals surface area (Å²) in [6.07, 6.45) is -3.37. The molecule has 2 aromatic carbocycles. The minimum absolute atomic E-state index is 0.0185. The average molecular weight is 495 g/mol. The zero-order chi connectivity index (χ0) is 23.9. The van der Waals surface area contributed by atoms with Crippen molar-refractivity contribution in [1.82, 2.24) is 0 Å². The predicted octanol–water partition coefficient (Wildman–Crippen LogP) is 6.37. The summed E-state index contributed by atoms with van der Waals surface area (Å²) in [6, 6.07) is 15.7. The monoisotopic (exact) mass is 494 g/mol. The van der Waals surface area contributed by atoms with E-state index in [-0.39, 0.29) is 12.2 Å². The first-order chi connectivity index (χ1) is 15.5. The Morgan fingerprint density at radius 2 is 1.48 bits per heavy atom. The molecule has 0 unspecified atom stereocenters. The molecule has 1 saturated heterocycles. The fourth-order valence-electron chi connectivity index (χ4n) is 4.28. The van der Waals surface area contributed by atoms with Gasteiger partial charge in [0.05, 0.1) is 17.7 Å². The van der Waals surface area contributed by atoms with Crippen molar-refractivity contribution in [2.45, 2.75) is 36.6 Å². The Morgan fingerprint density at radius 3 is 2.03 bits per heavy atom. The van der Waals surface area contributed by atoms with Gasteiger partial charge in [0, 0.05) is 9.75 Å². The third kappa shape index (κ3) is 4.56. The zero-order valence-corrected chi connectivity index (χ0v) is 19.1. The van der Waals surface area contributed by atoms with Crippen molar-refractivity contribution in [1.29, 1.82) is 0 Å². The van der Waals surface area contributed by atoms with Crippen LogP contribution in [0.2, 0.25) is 0 Å². The molecule has 0 radical (unpaired) electrons. The highest BCUT2D eigenvalue weighted by Crippen LogP contribution is 2.47. The van der Waals surface area contributed by atoms with Gasteiger partial charge in [-0.15, -0.1) is 11.3 Å². The number of halogens is 3. The maximum absolute atomic E-state index is 12.9. The lowest BCUT2D eigenvalue weighted by Gasteiger charge is -2.34. The highest BCUT2D eigenvalue weighted by molar-refractivity contribution is 7.92. The minimum atomic E-state index is -4.39. The van der Waals surface area contributed by atoms with Crippen LogP contribution in [0.15, 0.2) is 60.7 Å². The molecule has 4 nitrogen and oxygen atoms in total. The Labute approximate surface area is 193 Å². The van der Waals surface area contributed by atoms with Crippen LogP contribution in [0.25, 0.3) is 21.6 Å². The maximum atomic E-state index is 12.9. The molecule has 174 valence electrons. The second-order valence-corrected chi connectivity index (χ2v) is 11.7. The number of carboxylic acids is 1. The lowest BCUT2D eigenvalue weighted by Crippen LogP contribution is -2.41. The molecular weight excluding hydrogens is 473 g/mol. The highest BCUT2D eigenvalue weighted by atomic mass is 32.2. The first-order valence-electron chi connectivity index (χ1n) is 10.3. The number of carboxylic acid groups (broad SMARTS) is 1. The molecule has 1 fully saturated rings. The Balaban J connectivity index is 1.63. The topological polar surface area (TPSA) is 71.4 Å². The normalized spacial score (nSPS) is 20.5. The van der Waals surface area contributed by atoms with Crippen LogP contribution in [0.5, 0.6) is 0 Å². The molecule has 1 N–H and O–H groups in total. The quantitative estimate of drug-likeness (QED) is 0.447. The van der Waals surface area contributed by atoms with Crippen molar-refractivity contribution in [2.75, 3.05) is 5.75 Å². The first kappa shape index (κ1) is 23.5. The van der Waals surface area contributed by atoms with Crippen LogP contribution in [0.4, 0.5) is 13.2 Å². The van der Waals surface area contributed by atoms with Gasteiger partial charge in [-0.3, -0.25) is 4.79 Å². The summed E-state index contributed by atoms with van der Waals surface area (Å²) in [5.41, 5.74) is 1.51. The van der Waals surface area contributed by atoms with Crippen LogP contribution < -0.4 is 0 Å². The van der Waals surface area contributed by atoms with E-state index in [9.17, 15) is 31.5 Å². The number of benzene rings is 2. The second kappa shape index (κ2) is 8.61. The molecule has 0 bridgehead atoms. The van der Waals surface area contributed by atoms with Crippen molar-refractivity contribution >= 4 is 27.1 Å². The molecule has 1 aliphatic heterocycles. The van der Waals surface area contributed by atoms with Crippen molar-refractivity contribution in [3.05, 3.63) is 71.1 Å². The summed E-state index contributed by atoms with van der Waals surface area (Å²) in [6.45, 7) is 0. The first-order valence-corrected chi connectivity index (χ1v) is 12.8. The summed E-state index contributed by atoms with van der Waals surface area (Å²) in [5.74, 6) is -1.16. The van der Waals surface area contributed by atoms with E-state index in [0.717, 1.165) is 28.1 Å². The third-order valence-electron chi connectivity index (χ3n) is 6.05. The fourth-order valence-corrected chi connectivity index (χ4v) is 8.05. The Hall–Kier alpha value is -2.65. The smallest absolute Gasteiger partial charge is 0.416 e. The van der Waals surface area contributed by atoms with E-state index < -0.39 is 38.7 Å². The van der Waals surface area contributed by atoms with Gasteiger partial charge in [-0.2, -0.15) is 13.2 Å². The van der Waals surface area contributed by atoms with Crippen LogP contribution >= 0.6 is 11.3 Å². The fraction of sp³-hybridized carbons (Fsp3) is 0.292. The molecule has 0 saturated carbocycles. The van der Waals surface area contributed by atoms with Gasteiger partial charge in [-0.1, -0.05) is 42.8 Å². The maximum Gasteiger partial charge on any atom is 0.416 e. The molecule has 0 amide bonds. The Morgan fingerprint density at radius 1 is 0.909 bits per heavy atom. The van der Waals surface area contributed by atoms with Gasteiger partial charge >= 0.3 is 12.1 Å². The van der Waals surface area contributed by atoms with Gasteiger partial charge in [0.1, 0.15) is 4.75 Å². The molecule has 1 aromatic heterocycles. The number of thiophene rings is 1. The number of hydrogen-bond acceptors (Lipinski definition) is 4. The van der Waals surface area contributed by atoms with Gasteiger partial charge in [0.2, 0.25) is 0 Å². The summed E-state index contributed by atoms with van der Waals surface area (Å²) >= 11 is 1.27. The van der Waals surface area contributed by atoms with Crippen molar-refractivity contribution in [3.8, 4) is 21.6 Å². The van der Waals surface area contributed by atoms with Crippen molar-refractivity contribution in [2.24, 2.45) is 0 Å². The molecule has 2 heterocycles. The standard InChI is InChI=1S/C24H21F3O4S2/c25-24(26,27)19-9-7-17(8-10-19)16-3-5-18(6-4-16)20-11-12-21(32-20)23(15-22(28)29)13-1-2-14-33(23,30)31/h3-12H,1-2,13-15H2,(H,28,29)/t23-/m0/s1. The number of aliphatic carboxylic acids is 1. The average Bonchev–Trinajstić information content (AvgIpc) is 3.25. The van der Waals surface area contributed by atoms with E-state index in [0.29, 0.717) is 23.3 Å². The number of hydrogen-bond donors (Lipinski definition) is 1. The number of alkyl halides is 3. The Bertz CT molecular complexity index is 1260. The molecular formula is C24H21F3O4S2. The molecule has 0 spiro atoms. The lowest BCUT2D eigenvalue weighted by molar-refractivity contribution is -0.138. The van der Waals surface area contributed by atoms with Gasteiger partial charge in [-0.25, -0.2) is 8.42 Å².